The Morgan fingerprint density at radius 1 is 1.47 bits per heavy atom. The number of amidine groups is 1. The number of anilines is 1. The zero-order valence-corrected chi connectivity index (χ0v) is 12.4. The van der Waals surface area contributed by atoms with Crippen molar-refractivity contribution in [1.29, 1.82) is 0 Å². The number of oxime groups is 1. The monoisotopic (exact) mass is 264 g/mol. The van der Waals surface area contributed by atoms with Crippen LogP contribution in [-0.4, -0.2) is 28.6 Å². The van der Waals surface area contributed by atoms with Crippen LogP contribution in [0.4, 0.5) is 5.69 Å². The number of aromatic nitrogens is 1. The van der Waals surface area contributed by atoms with Gasteiger partial charge in [0.2, 0.25) is 0 Å². The summed E-state index contributed by atoms with van der Waals surface area (Å²) in [7, 11) is 0. The van der Waals surface area contributed by atoms with Crippen molar-refractivity contribution in [1.82, 2.24) is 4.98 Å². The van der Waals surface area contributed by atoms with Crippen LogP contribution in [0.5, 0.6) is 0 Å². The number of hydrogen-bond donors (Lipinski definition) is 2. The molecule has 5 heteroatoms. The van der Waals surface area contributed by atoms with Gasteiger partial charge in [0.25, 0.3) is 0 Å². The van der Waals surface area contributed by atoms with E-state index in [1.165, 1.54) is 0 Å². The van der Waals surface area contributed by atoms with Gasteiger partial charge in [0.1, 0.15) is 0 Å². The Morgan fingerprint density at radius 3 is 2.58 bits per heavy atom. The maximum atomic E-state index is 8.97. The first-order valence-corrected chi connectivity index (χ1v) is 6.65. The van der Waals surface area contributed by atoms with Gasteiger partial charge in [-0.3, -0.25) is 4.98 Å². The zero-order chi connectivity index (χ0) is 14.6. The molecule has 1 aromatic rings. The number of rotatable bonds is 5. The van der Waals surface area contributed by atoms with Crippen molar-refractivity contribution in [2.45, 2.75) is 47.1 Å². The summed E-state index contributed by atoms with van der Waals surface area (Å²) < 4.78 is 0. The molecule has 1 aromatic heterocycles. The van der Waals surface area contributed by atoms with Crippen LogP contribution in [0.3, 0.4) is 0 Å². The summed E-state index contributed by atoms with van der Waals surface area (Å²) in [5.41, 5.74) is 9.23. The first-order valence-electron chi connectivity index (χ1n) is 6.65. The number of nitrogens with two attached hydrogens (primary N) is 1. The number of nitrogens with zero attached hydrogens (tertiary/aromatic N) is 3. The molecule has 5 nitrogen and oxygen atoms in total. The van der Waals surface area contributed by atoms with Crippen molar-refractivity contribution in [2.75, 3.05) is 11.4 Å². The van der Waals surface area contributed by atoms with Gasteiger partial charge in [-0.1, -0.05) is 12.1 Å². The van der Waals surface area contributed by atoms with Crippen LogP contribution < -0.4 is 10.6 Å². The van der Waals surface area contributed by atoms with E-state index < -0.39 is 0 Å². The van der Waals surface area contributed by atoms with E-state index in [1.807, 2.05) is 19.9 Å². The molecule has 0 radical (unpaired) electrons. The summed E-state index contributed by atoms with van der Waals surface area (Å²) in [4.78, 5) is 6.67. The van der Waals surface area contributed by atoms with Crippen molar-refractivity contribution < 1.29 is 5.21 Å². The molecule has 0 bridgehead atoms. The fraction of sp³-hybridized carbons (Fsp3) is 0.571. The molecule has 19 heavy (non-hydrogen) atoms. The zero-order valence-electron chi connectivity index (χ0n) is 12.4. The summed E-state index contributed by atoms with van der Waals surface area (Å²) in [6.07, 6.45) is 1.04. The Morgan fingerprint density at radius 2 is 2.11 bits per heavy atom. The topological polar surface area (TPSA) is 74.7 Å². The molecule has 0 saturated carbocycles. The highest BCUT2D eigenvalue weighted by atomic mass is 16.4. The SMILES string of the molecule is CCCN(c1cc(C)nc(C)c1/C(N)=N/O)C(C)C. The van der Waals surface area contributed by atoms with E-state index in [1.54, 1.807) is 0 Å². The summed E-state index contributed by atoms with van der Waals surface area (Å²) in [5.74, 6) is 0.113. The second kappa shape index (κ2) is 6.41. The highest BCUT2D eigenvalue weighted by Gasteiger charge is 2.19. The van der Waals surface area contributed by atoms with Gasteiger partial charge >= 0.3 is 0 Å². The quantitative estimate of drug-likeness (QED) is 0.371. The molecule has 0 aliphatic heterocycles. The molecule has 0 aliphatic rings. The van der Waals surface area contributed by atoms with Crippen LogP contribution >= 0.6 is 0 Å². The predicted octanol–water partition coefficient (Wildman–Crippen LogP) is 2.42. The van der Waals surface area contributed by atoms with Gasteiger partial charge < -0.3 is 15.8 Å². The number of pyridine rings is 1. The first-order chi connectivity index (χ1) is 8.92. The van der Waals surface area contributed by atoms with Crippen LogP contribution in [0.25, 0.3) is 0 Å². The van der Waals surface area contributed by atoms with E-state index in [9.17, 15) is 0 Å². The van der Waals surface area contributed by atoms with Crippen molar-refractivity contribution in [2.24, 2.45) is 10.9 Å². The molecular weight excluding hydrogens is 240 g/mol. The Labute approximate surface area is 115 Å². The van der Waals surface area contributed by atoms with Gasteiger partial charge in [-0.05, 0) is 40.2 Å². The van der Waals surface area contributed by atoms with Crippen LogP contribution in [0, 0.1) is 13.8 Å². The molecule has 3 N–H and O–H groups in total. The largest absolute Gasteiger partial charge is 0.409 e. The van der Waals surface area contributed by atoms with E-state index in [0.717, 1.165) is 35.6 Å². The molecule has 0 saturated heterocycles. The lowest BCUT2D eigenvalue weighted by Crippen LogP contribution is -2.34. The molecule has 0 aliphatic carbocycles. The number of hydrogen-bond acceptors (Lipinski definition) is 4. The molecule has 0 fully saturated rings. The Balaban J connectivity index is 3.46. The lowest BCUT2D eigenvalue weighted by Gasteiger charge is -2.31. The molecule has 0 aromatic carbocycles. The third-order valence-corrected chi connectivity index (χ3v) is 3.07. The smallest absolute Gasteiger partial charge is 0.174 e. The molecule has 0 atom stereocenters. The van der Waals surface area contributed by atoms with Crippen molar-refractivity contribution >= 4 is 11.5 Å². The van der Waals surface area contributed by atoms with E-state index in [4.69, 9.17) is 10.9 Å². The van der Waals surface area contributed by atoms with E-state index >= 15 is 0 Å². The molecular formula is C14H24N4O. The lowest BCUT2D eigenvalue weighted by atomic mass is 10.1. The fourth-order valence-corrected chi connectivity index (χ4v) is 2.30. The van der Waals surface area contributed by atoms with Crippen LogP contribution in [-0.2, 0) is 0 Å². The molecule has 0 spiro atoms. The van der Waals surface area contributed by atoms with Gasteiger partial charge in [-0.15, -0.1) is 0 Å². The second-order valence-corrected chi connectivity index (χ2v) is 5.02. The molecule has 0 unspecified atom stereocenters. The molecule has 0 amide bonds. The normalized spacial score (nSPS) is 12.0. The predicted molar refractivity (Wildman–Crippen MR) is 79.0 cm³/mol. The highest BCUT2D eigenvalue weighted by molar-refractivity contribution is 6.03. The Kier molecular flexibility index (Phi) is 5.15. The first kappa shape index (κ1) is 15.3. The third kappa shape index (κ3) is 3.36. The fourth-order valence-electron chi connectivity index (χ4n) is 2.30. The van der Waals surface area contributed by atoms with Gasteiger partial charge in [0, 0.05) is 18.3 Å². The Bertz CT molecular complexity index is 469. The molecule has 106 valence electrons. The standard InChI is InChI=1S/C14H24N4O/c1-6-7-18(9(2)3)12-8-10(4)16-11(5)13(12)14(15)17-19/h8-9,19H,6-7H2,1-5H3,(H2,15,17). The second-order valence-electron chi connectivity index (χ2n) is 5.02. The maximum absolute atomic E-state index is 8.97. The van der Waals surface area contributed by atoms with E-state index in [-0.39, 0.29) is 5.84 Å². The van der Waals surface area contributed by atoms with E-state index in [0.29, 0.717) is 6.04 Å². The minimum Gasteiger partial charge on any atom is -0.409 e. The summed E-state index contributed by atoms with van der Waals surface area (Å²) >= 11 is 0. The Hall–Kier alpha value is -1.78. The lowest BCUT2D eigenvalue weighted by molar-refractivity contribution is 0.318. The summed E-state index contributed by atoms with van der Waals surface area (Å²) in [6, 6.07) is 2.34. The van der Waals surface area contributed by atoms with Crippen molar-refractivity contribution in [3.8, 4) is 0 Å². The van der Waals surface area contributed by atoms with E-state index in [2.05, 4.69) is 35.8 Å². The van der Waals surface area contributed by atoms with Gasteiger partial charge in [-0.2, -0.15) is 0 Å². The number of aryl methyl sites for hydroxylation is 2. The minimum atomic E-state index is 0.113. The summed E-state index contributed by atoms with van der Waals surface area (Å²) in [5, 5.41) is 12.1. The van der Waals surface area contributed by atoms with Crippen LogP contribution in [0.15, 0.2) is 11.2 Å². The van der Waals surface area contributed by atoms with Crippen LogP contribution in [0.1, 0.15) is 44.1 Å². The molecule has 1 rings (SSSR count). The highest BCUT2D eigenvalue weighted by Crippen LogP contribution is 2.26. The van der Waals surface area contributed by atoms with Crippen molar-refractivity contribution in [3.05, 3.63) is 23.0 Å². The average molecular weight is 264 g/mol. The minimum absolute atomic E-state index is 0.113. The summed E-state index contributed by atoms with van der Waals surface area (Å²) in [6.45, 7) is 11.2. The third-order valence-electron chi connectivity index (χ3n) is 3.07. The van der Waals surface area contributed by atoms with Gasteiger partial charge in [0.05, 0.1) is 16.9 Å². The van der Waals surface area contributed by atoms with Crippen LogP contribution in [0.2, 0.25) is 0 Å². The van der Waals surface area contributed by atoms with Crippen molar-refractivity contribution in [3.63, 3.8) is 0 Å². The van der Waals surface area contributed by atoms with Gasteiger partial charge in [-0.25, -0.2) is 0 Å². The molecule has 1 heterocycles. The average Bonchev–Trinajstić information content (AvgIpc) is 2.33. The maximum Gasteiger partial charge on any atom is 0.174 e. The van der Waals surface area contributed by atoms with Gasteiger partial charge in [0.15, 0.2) is 5.84 Å².